The number of ether oxygens (including phenoxy) is 1. The summed E-state index contributed by atoms with van der Waals surface area (Å²) in [6.45, 7) is 7.70. The Labute approximate surface area is 225 Å². The second kappa shape index (κ2) is 9.63. The van der Waals surface area contributed by atoms with Gasteiger partial charge in [-0.15, -0.1) is 0 Å². The highest BCUT2D eigenvalue weighted by atomic mass is 32.2. The Morgan fingerprint density at radius 3 is 2.21 bits per heavy atom. The molecule has 4 aromatic rings. The smallest absolute Gasteiger partial charge is 0.314 e. The second-order valence-corrected chi connectivity index (χ2v) is 12.0. The van der Waals surface area contributed by atoms with Crippen molar-refractivity contribution in [3.63, 3.8) is 0 Å². The molecule has 0 radical (unpaired) electrons. The molecule has 5 rings (SSSR count). The topological polar surface area (TPSA) is 145 Å². The standard InChI is InChI=1S/C28H24N2O7S2/c1-16-11-12-19-23(13-16)36-24-15-22(30-28-17(2)7-6-8-18(28)3)26(39(34,35)37-29)14-21(24)27(19)20-9-4-5-10-25(20)38(31,32)33/h4-15,30H,1,29H2,2-3H3,(H,31,32,33). The van der Waals surface area contributed by atoms with Gasteiger partial charge in [-0.05, 0) is 48.4 Å². The van der Waals surface area contributed by atoms with E-state index in [2.05, 4.69) is 16.2 Å². The number of para-hydroxylation sites is 1. The molecule has 0 saturated heterocycles. The lowest BCUT2D eigenvalue weighted by molar-refractivity contribution is 0.333. The number of aryl methyl sites for hydroxylation is 2. The summed E-state index contributed by atoms with van der Waals surface area (Å²) in [4.78, 5) is -0.649. The molecule has 0 fully saturated rings. The van der Waals surface area contributed by atoms with E-state index in [4.69, 9.17) is 10.6 Å². The van der Waals surface area contributed by atoms with Gasteiger partial charge in [-0.2, -0.15) is 27.0 Å². The SMILES string of the molecule is C=c1ccc2c(c1)Oc1cc(Nc3c(C)cccc3C)c(S(=O)(=O)ON)cc1C=2c1ccccc1S(=O)(=O)O. The predicted molar refractivity (Wildman–Crippen MR) is 147 cm³/mol. The van der Waals surface area contributed by atoms with E-state index in [1.54, 1.807) is 24.3 Å². The minimum absolute atomic E-state index is 0.133. The van der Waals surface area contributed by atoms with Crippen molar-refractivity contribution in [2.75, 3.05) is 5.32 Å². The molecule has 4 aromatic carbocycles. The second-order valence-electron chi connectivity index (χ2n) is 9.07. The van der Waals surface area contributed by atoms with Crippen LogP contribution in [-0.2, 0) is 24.5 Å². The van der Waals surface area contributed by atoms with Gasteiger partial charge in [0.15, 0.2) is 0 Å². The Bertz CT molecular complexity index is 1970. The van der Waals surface area contributed by atoms with Gasteiger partial charge in [-0.1, -0.05) is 55.1 Å². The van der Waals surface area contributed by atoms with Gasteiger partial charge in [0.05, 0.1) is 5.69 Å². The van der Waals surface area contributed by atoms with Crippen LogP contribution in [0.3, 0.4) is 0 Å². The fourth-order valence-corrected chi connectivity index (χ4v) is 6.10. The molecule has 0 unspecified atom stereocenters. The highest BCUT2D eigenvalue weighted by molar-refractivity contribution is 7.87. The minimum atomic E-state index is -4.65. The van der Waals surface area contributed by atoms with Gasteiger partial charge in [0.25, 0.3) is 10.1 Å². The zero-order chi connectivity index (χ0) is 28.1. The normalized spacial score (nSPS) is 12.9. The Kier molecular flexibility index (Phi) is 6.57. The zero-order valence-corrected chi connectivity index (χ0v) is 22.6. The summed E-state index contributed by atoms with van der Waals surface area (Å²) in [5.41, 5.74) is 3.27. The van der Waals surface area contributed by atoms with Crippen LogP contribution in [0.5, 0.6) is 11.5 Å². The number of rotatable bonds is 6. The Morgan fingerprint density at radius 2 is 1.54 bits per heavy atom. The number of nitrogens with one attached hydrogen (secondary N) is 1. The van der Waals surface area contributed by atoms with E-state index in [0.717, 1.165) is 11.1 Å². The van der Waals surface area contributed by atoms with Gasteiger partial charge < -0.3 is 10.1 Å². The Balaban J connectivity index is 1.88. The van der Waals surface area contributed by atoms with E-state index < -0.39 is 20.2 Å². The quantitative estimate of drug-likeness (QED) is 0.208. The van der Waals surface area contributed by atoms with Crippen LogP contribution < -0.4 is 26.4 Å². The summed E-state index contributed by atoms with van der Waals surface area (Å²) in [7, 11) is -9.11. The first kappa shape index (κ1) is 26.6. The van der Waals surface area contributed by atoms with Crippen molar-refractivity contribution >= 4 is 43.8 Å². The largest absolute Gasteiger partial charge is 0.456 e. The number of benzene rings is 4. The average molecular weight is 565 g/mol. The molecule has 9 nitrogen and oxygen atoms in total. The monoisotopic (exact) mass is 564 g/mol. The fraction of sp³-hybridized carbons (Fsp3) is 0.0714. The summed E-state index contributed by atoms with van der Waals surface area (Å²) < 4.78 is 71.3. The van der Waals surface area contributed by atoms with Gasteiger partial charge in [0.1, 0.15) is 21.3 Å². The van der Waals surface area contributed by atoms with E-state index in [0.29, 0.717) is 27.4 Å². The maximum atomic E-state index is 13.0. The minimum Gasteiger partial charge on any atom is -0.456 e. The first-order valence-electron chi connectivity index (χ1n) is 11.6. The fourth-order valence-electron chi connectivity index (χ4n) is 4.65. The number of fused-ring (bicyclic) bond motifs is 2. The highest BCUT2D eigenvalue weighted by Crippen LogP contribution is 2.43. The van der Waals surface area contributed by atoms with Gasteiger partial charge in [-0.25, -0.2) is 0 Å². The molecule has 200 valence electrons. The van der Waals surface area contributed by atoms with Crippen molar-refractivity contribution in [1.29, 1.82) is 0 Å². The van der Waals surface area contributed by atoms with Crippen molar-refractivity contribution in [1.82, 2.24) is 0 Å². The van der Waals surface area contributed by atoms with Crippen LogP contribution in [0, 0.1) is 13.8 Å². The molecule has 1 heterocycles. The summed E-state index contributed by atoms with van der Waals surface area (Å²) >= 11 is 0. The summed E-state index contributed by atoms with van der Waals surface area (Å²) in [6.07, 6.45) is 0. The van der Waals surface area contributed by atoms with Crippen LogP contribution in [0.2, 0.25) is 0 Å². The number of hydrogen-bond acceptors (Lipinski definition) is 8. The molecule has 0 aromatic heterocycles. The number of hydrogen-bond donors (Lipinski definition) is 3. The van der Waals surface area contributed by atoms with Crippen LogP contribution in [0.1, 0.15) is 22.3 Å². The van der Waals surface area contributed by atoms with Crippen LogP contribution in [0.15, 0.2) is 82.6 Å². The highest BCUT2D eigenvalue weighted by Gasteiger charge is 2.30. The third-order valence-electron chi connectivity index (χ3n) is 6.46. The van der Waals surface area contributed by atoms with Gasteiger partial charge in [0, 0.05) is 33.7 Å². The number of nitrogens with two attached hydrogens (primary N) is 1. The molecule has 0 atom stereocenters. The van der Waals surface area contributed by atoms with Crippen molar-refractivity contribution in [2.45, 2.75) is 23.6 Å². The van der Waals surface area contributed by atoms with Crippen LogP contribution in [-0.4, -0.2) is 21.4 Å². The molecule has 0 saturated carbocycles. The predicted octanol–water partition coefficient (Wildman–Crippen LogP) is 3.64. The Morgan fingerprint density at radius 1 is 0.846 bits per heavy atom. The third-order valence-corrected chi connectivity index (χ3v) is 8.50. The maximum Gasteiger partial charge on any atom is 0.314 e. The van der Waals surface area contributed by atoms with Gasteiger partial charge in [-0.3, -0.25) is 4.55 Å². The van der Waals surface area contributed by atoms with Crippen LogP contribution >= 0.6 is 0 Å². The zero-order valence-electron chi connectivity index (χ0n) is 20.9. The first-order valence-corrected chi connectivity index (χ1v) is 14.5. The molecule has 0 aliphatic carbocycles. The third kappa shape index (κ3) is 4.82. The van der Waals surface area contributed by atoms with E-state index in [1.165, 1.54) is 30.3 Å². The van der Waals surface area contributed by atoms with E-state index in [1.807, 2.05) is 32.0 Å². The van der Waals surface area contributed by atoms with E-state index in [9.17, 15) is 21.4 Å². The van der Waals surface area contributed by atoms with E-state index >= 15 is 0 Å². The van der Waals surface area contributed by atoms with Crippen molar-refractivity contribution in [3.8, 4) is 11.5 Å². The lowest BCUT2D eigenvalue weighted by Gasteiger charge is -2.25. The summed E-state index contributed by atoms with van der Waals surface area (Å²) in [5, 5.41) is 4.29. The summed E-state index contributed by atoms with van der Waals surface area (Å²) in [5.74, 6) is 5.79. The lowest BCUT2D eigenvalue weighted by Crippen LogP contribution is -2.22. The lowest BCUT2D eigenvalue weighted by atomic mass is 9.92. The molecule has 4 N–H and O–H groups in total. The van der Waals surface area contributed by atoms with Crippen LogP contribution in [0.25, 0.3) is 12.2 Å². The molecule has 39 heavy (non-hydrogen) atoms. The molecule has 0 spiro atoms. The first-order chi connectivity index (χ1) is 18.4. The molecular formula is C28H24N2O7S2. The van der Waals surface area contributed by atoms with Crippen molar-refractivity contribution < 1.29 is 30.4 Å². The van der Waals surface area contributed by atoms with Gasteiger partial charge in [0.2, 0.25) is 0 Å². The molecule has 11 heteroatoms. The van der Waals surface area contributed by atoms with E-state index in [-0.39, 0.29) is 32.4 Å². The Hall–Kier alpha value is -4.00. The van der Waals surface area contributed by atoms with Gasteiger partial charge >= 0.3 is 10.1 Å². The molecule has 0 amide bonds. The van der Waals surface area contributed by atoms with Crippen molar-refractivity contribution in [3.05, 3.63) is 105 Å². The molecule has 1 aliphatic heterocycles. The number of anilines is 2. The maximum absolute atomic E-state index is 13.0. The average Bonchev–Trinajstić information content (AvgIpc) is 2.88. The molecule has 1 aliphatic rings. The molecular weight excluding hydrogens is 540 g/mol. The molecule has 0 bridgehead atoms. The van der Waals surface area contributed by atoms with Crippen LogP contribution in [0.4, 0.5) is 11.4 Å². The summed E-state index contributed by atoms with van der Waals surface area (Å²) in [6, 6.07) is 19.4. The van der Waals surface area contributed by atoms with Crippen molar-refractivity contribution in [2.24, 2.45) is 5.90 Å².